The first-order valence-electron chi connectivity index (χ1n) is 7.87. The molecule has 1 aliphatic heterocycles. The zero-order valence-electron chi connectivity index (χ0n) is 13.2. The van der Waals surface area contributed by atoms with Crippen molar-refractivity contribution in [3.8, 4) is 0 Å². The number of piperazine rings is 1. The van der Waals surface area contributed by atoms with Crippen LogP contribution in [-0.2, 0) is 13.0 Å². The Morgan fingerprint density at radius 1 is 1.15 bits per heavy atom. The van der Waals surface area contributed by atoms with E-state index in [9.17, 15) is 0 Å². The molecule has 1 N–H and O–H groups in total. The van der Waals surface area contributed by atoms with E-state index in [1.165, 1.54) is 11.3 Å². The van der Waals surface area contributed by atoms with Gasteiger partial charge in [0, 0.05) is 38.4 Å². The van der Waals surface area contributed by atoms with Crippen molar-refractivity contribution in [2.75, 3.05) is 44.7 Å². The number of pyridine rings is 1. The van der Waals surface area contributed by atoms with Crippen LogP contribution < -0.4 is 10.2 Å². The Morgan fingerprint density at radius 3 is 2.55 bits per heavy atom. The van der Waals surface area contributed by atoms with Crippen molar-refractivity contribution >= 4 is 5.82 Å². The molecule has 0 saturated carbocycles. The Kier molecular flexibility index (Phi) is 5.80. The number of anilines is 1. The van der Waals surface area contributed by atoms with Crippen LogP contribution in [0.25, 0.3) is 0 Å². The van der Waals surface area contributed by atoms with Crippen molar-refractivity contribution in [3.63, 3.8) is 0 Å². The van der Waals surface area contributed by atoms with Gasteiger partial charge in [0.05, 0.1) is 0 Å². The Labute approximate surface area is 123 Å². The Hall–Kier alpha value is -1.13. The number of aromatic nitrogens is 1. The summed E-state index contributed by atoms with van der Waals surface area (Å²) in [7, 11) is 2.19. The lowest BCUT2D eigenvalue weighted by atomic mass is 10.1. The predicted molar refractivity (Wildman–Crippen MR) is 85.3 cm³/mol. The lowest BCUT2D eigenvalue weighted by Gasteiger charge is -2.33. The molecule has 0 bridgehead atoms. The zero-order valence-corrected chi connectivity index (χ0v) is 13.2. The summed E-state index contributed by atoms with van der Waals surface area (Å²) in [5.41, 5.74) is 2.59. The highest BCUT2D eigenvalue weighted by atomic mass is 15.3. The van der Waals surface area contributed by atoms with E-state index in [1.54, 1.807) is 0 Å². The fraction of sp³-hybridized carbons (Fsp3) is 0.688. The van der Waals surface area contributed by atoms with Gasteiger partial charge in [0.2, 0.25) is 0 Å². The lowest BCUT2D eigenvalue weighted by Crippen LogP contribution is -2.44. The van der Waals surface area contributed by atoms with E-state index in [0.29, 0.717) is 0 Å². The van der Waals surface area contributed by atoms with Gasteiger partial charge < -0.3 is 15.1 Å². The van der Waals surface area contributed by atoms with E-state index in [-0.39, 0.29) is 0 Å². The quantitative estimate of drug-likeness (QED) is 0.860. The van der Waals surface area contributed by atoms with Gasteiger partial charge in [-0.1, -0.05) is 20.3 Å². The molecule has 112 valence electrons. The third-order valence-electron chi connectivity index (χ3n) is 3.84. The second-order valence-electron chi connectivity index (χ2n) is 5.65. The fourth-order valence-corrected chi connectivity index (χ4v) is 2.59. The third-order valence-corrected chi connectivity index (χ3v) is 3.84. The molecule has 0 aromatic carbocycles. The largest absolute Gasteiger partial charge is 0.354 e. The molecule has 2 rings (SSSR count). The molecular weight excluding hydrogens is 248 g/mol. The summed E-state index contributed by atoms with van der Waals surface area (Å²) >= 11 is 0. The summed E-state index contributed by atoms with van der Waals surface area (Å²) in [5, 5.41) is 3.42. The maximum atomic E-state index is 4.86. The van der Waals surface area contributed by atoms with E-state index in [4.69, 9.17) is 4.98 Å². The molecular formula is C16H28N4. The van der Waals surface area contributed by atoms with Crippen molar-refractivity contribution in [2.45, 2.75) is 33.2 Å². The molecule has 0 atom stereocenters. The molecule has 0 unspecified atom stereocenters. The van der Waals surface area contributed by atoms with Gasteiger partial charge in [-0.3, -0.25) is 0 Å². The minimum absolute atomic E-state index is 0.941. The maximum absolute atomic E-state index is 4.86. The van der Waals surface area contributed by atoms with E-state index in [2.05, 4.69) is 48.1 Å². The van der Waals surface area contributed by atoms with Crippen molar-refractivity contribution < 1.29 is 0 Å². The molecule has 1 saturated heterocycles. The maximum Gasteiger partial charge on any atom is 0.129 e. The summed E-state index contributed by atoms with van der Waals surface area (Å²) in [6, 6.07) is 4.51. The van der Waals surface area contributed by atoms with E-state index in [1.807, 2.05) is 0 Å². The molecule has 1 aliphatic rings. The van der Waals surface area contributed by atoms with Crippen LogP contribution in [-0.4, -0.2) is 49.7 Å². The second-order valence-corrected chi connectivity index (χ2v) is 5.65. The standard InChI is InChI=1S/C16H28N4/c1-4-6-15-11-14(13-17-5-2)12-16(18-15)20-9-7-19(3)8-10-20/h11-12,17H,4-10,13H2,1-3H3. The monoisotopic (exact) mass is 276 g/mol. The number of nitrogens with one attached hydrogen (secondary N) is 1. The second kappa shape index (κ2) is 7.60. The number of hydrogen-bond acceptors (Lipinski definition) is 4. The van der Waals surface area contributed by atoms with Gasteiger partial charge in [-0.15, -0.1) is 0 Å². The number of aryl methyl sites for hydroxylation is 1. The van der Waals surface area contributed by atoms with Crippen LogP contribution in [0.4, 0.5) is 5.82 Å². The van der Waals surface area contributed by atoms with Gasteiger partial charge in [0.15, 0.2) is 0 Å². The first-order valence-corrected chi connectivity index (χ1v) is 7.87. The van der Waals surface area contributed by atoms with Crippen LogP contribution >= 0.6 is 0 Å². The number of hydrogen-bond donors (Lipinski definition) is 1. The average molecular weight is 276 g/mol. The van der Waals surface area contributed by atoms with E-state index < -0.39 is 0 Å². The van der Waals surface area contributed by atoms with Crippen molar-refractivity contribution in [1.82, 2.24) is 15.2 Å². The molecule has 2 heterocycles. The Balaban J connectivity index is 2.15. The molecule has 0 spiro atoms. The topological polar surface area (TPSA) is 31.4 Å². The smallest absolute Gasteiger partial charge is 0.129 e. The summed E-state index contributed by atoms with van der Waals surface area (Å²) in [5.74, 6) is 1.16. The van der Waals surface area contributed by atoms with Crippen LogP contribution in [0.15, 0.2) is 12.1 Å². The minimum Gasteiger partial charge on any atom is -0.354 e. The summed E-state index contributed by atoms with van der Waals surface area (Å²) in [6.07, 6.45) is 2.22. The number of nitrogens with zero attached hydrogens (tertiary/aromatic N) is 3. The van der Waals surface area contributed by atoms with E-state index >= 15 is 0 Å². The van der Waals surface area contributed by atoms with Crippen molar-refractivity contribution in [2.24, 2.45) is 0 Å². The molecule has 0 radical (unpaired) electrons. The molecule has 4 nitrogen and oxygen atoms in total. The van der Waals surface area contributed by atoms with Crippen LogP contribution in [0.5, 0.6) is 0 Å². The molecule has 0 aliphatic carbocycles. The SMILES string of the molecule is CCCc1cc(CNCC)cc(N2CCN(C)CC2)n1. The summed E-state index contributed by atoms with van der Waals surface area (Å²) in [6.45, 7) is 10.7. The highest BCUT2D eigenvalue weighted by Crippen LogP contribution is 2.18. The molecule has 20 heavy (non-hydrogen) atoms. The third kappa shape index (κ3) is 4.18. The van der Waals surface area contributed by atoms with Crippen molar-refractivity contribution in [1.29, 1.82) is 0 Å². The molecule has 1 aromatic rings. The van der Waals surface area contributed by atoms with Crippen LogP contribution in [0.3, 0.4) is 0 Å². The summed E-state index contributed by atoms with van der Waals surface area (Å²) in [4.78, 5) is 9.67. The van der Waals surface area contributed by atoms with Gasteiger partial charge in [0.25, 0.3) is 0 Å². The first-order chi connectivity index (χ1) is 9.72. The molecule has 1 fully saturated rings. The molecule has 1 aromatic heterocycles. The Bertz CT molecular complexity index is 411. The van der Waals surface area contributed by atoms with E-state index in [0.717, 1.165) is 57.9 Å². The average Bonchev–Trinajstić information content (AvgIpc) is 2.46. The van der Waals surface area contributed by atoms with Crippen LogP contribution in [0, 0.1) is 0 Å². The van der Waals surface area contributed by atoms with Crippen molar-refractivity contribution in [3.05, 3.63) is 23.4 Å². The summed E-state index contributed by atoms with van der Waals surface area (Å²) < 4.78 is 0. The minimum atomic E-state index is 0.941. The highest BCUT2D eigenvalue weighted by molar-refractivity contribution is 5.43. The van der Waals surface area contributed by atoms with Crippen LogP contribution in [0.1, 0.15) is 31.5 Å². The fourth-order valence-electron chi connectivity index (χ4n) is 2.59. The van der Waals surface area contributed by atoms with Gasteiger partial charge in [-0.2, -0.15) is 0 Å². The number of likely N-dealkylation sites (N-methyl/N-ethyl adjacent to an activating group) is 1. The zero-order chi connectivity index (χ0) is 14.4. The Morgan fingerprint density at radius 2 is 1.90 bits per heavy atom. The predicted octanol–water partition coefficient (Wildman–Crippen LogP) is 1.90. The first kappa shape index (κ1) is 15.3. The highest BCUT2D eigenvalue weighted by Gasteiger charge is 2.16. The van der Waals surface area contributed by atoms with Gasteiger partial charge in [-0.05, 0) is 37.7 Å². The number of rotatable bonds is 6. The van der Waals surface area contributed by atoms with Crippen LogP contribution in [0.2, 0.25) is 0 Å². The van der Waals surface area contributed by atoms with Gasteiger partial charge >= 0.3 is 0 Å². The molecule has 4 heteroatoms. The van der Waals surface area contributed by atoms with Gasteiger partial charge in [0.1, 0.15) is 5.82 Å². The lowest BCUT2D eigenvalue weighted by molar-refractivity contribution is 0.312. The molecule has 0 amide bonds. The normalized spacial score (nSPS) is 16.6. The van der Waals surface area contributed by atoms with Gasteiger partial charge in [-0.25, -0.2) is 4.98 Å².